The zero-order valence-corrected chi connectivity index (χ0v) is 11.7. The first-order valence-electron chi connectivity index (χ1n) is 6.65. The third-order valence-electron chi connectivity index (χ3n) is 3.69. The van der Waals surface area contributed by atoms with Crippen molar-refractivity contribution in [2.75, 3.05) is 39.4 Å². The molecule has 2 atom stereocenters. The predicted molar refractivity (Wildman–Crippen MR) is 69.5 cm³/mol. The average Bonchev–Trinajstić information content (AvgIpc) is 2.40. The summed E-state index contributed by atoms with van der Waals surface area (Å²) in [4.78, 5) is 0. The second-order valence-electron chi connectivity index (χ2n) is 5.03. The lowest BCUT2D eigenvalue weighted by molar-refractivity contribution is 0.0721. The molecular formula is C11H23N3O3S. The monoisotopic (exact) mass is 277 g/mol. The molecule has 18 heavy (non-hydrogen) atoms. The summed E-state index contributed by atoms with van der Waals surface area (Å²) in [7, 11) is -3.36. The molecule has 2 N–H and O–H groups in total. The Hall–Kier alpha value is -0.210. The minimum Gasteiger partial charge on any atom is -0.379 e. The number of nitrogens with one attached hydrogen (secondary N) is 2. The Morgan fingerprint density at radius 3 is 2.72 bits per heavy atom. The zero-order chi connectivity index (χ0) is 13.0. The van der Waals surface area contributed by atoms with Crippen molar-refractivity contribution < 1.29 is 13.2 Å². The summed E-state index contributed by atoms with van der Waals surface area (Å²) in [6, 6.07) is -0.0226. The highest BCUT2D eigenvalue weighted by molar-refractivity contribution is 7.87. The van der Waals surface area contributed by atoms with E-state index in [9.17, 15) is 8.42 Å². The Labute approximate surface area is 109 Å². The smallest absolute Gasteiger partial charge is 0.279 e. The second kappa shape index (κ2) is 6.29. The van der Waals surface area contributed by atoms with Gasteiger partial charge in [0.05, 0.1) is 13.2 Å². The summed E-state index contributed by atoms with van der Waals surface area (Å²) < 4.78 is 33.8. The van der Waals surface area contributed by atoms with Crippen molar-refractivity contribution in [2.45, 2.75) is 25.8 Å². The molecule has 106 valence electrons. The highest BCUT2D eigenvalue weighted by Gasteiger charge is 2.29. The Balaban J connectivity index is 1.89. The summed E-state index contributed by atoms with van der Waals surface area (Å²) in [5.74, 6) is 0.384. The number of piperidine rings is 1. The quantitative estimate of drug-likeness (QED) is 0.729. The standard InChI is InChI=1S/C11H23N3O3S/c1-10(11-3-2-4-12-9-11)13-18(15,16)14-5-7-17-8-6-14/h10-13H,2-9H2,1H3. The van der Waals surface area contributed by atoms with Crippen molar-refractivity contribution in [2.24, 2.45) is 5.92 Å². The predicted octanol–water partition coefficient (Wildman–Crippen LogP) is -0.459. The minimum atomic E-state index is -3.36. The van der Waals surface area contributed by atoms with Gasteiger partial charge in [-0.15, -0.1) is 0 Å². The molecule has 0 saturated carbocycles. The van der Waals surface area contributed by atoms with Crippen LogP contribution >= 0.6 is 0 Å². The van der Waals surface area contributed by atoms with E-state index in [4.69, 9.17) is 4.74 Å². The maximum Gasteiger partial charge on any atom is 0.279 e. The number of ether oxygens (including phenoxy) is 1. The van der Waals surface area contributed by atoms with Gasteiger partial charge in [-0.25, -0.2) is 0 Å². The van der Waals surface area contributed by atoms with Crippen LogP contribution in [0.3, 0.4) is 0 Å². The van der Waals surface area contributed by atoms with E-state index >= 15 is 0 Å². The summed E-state index contributed by atoms with van der Waals surface area (Å²) in [6.07, 6.45) is 2.20. The molecule has 6 nitrogen and oxygen atoms in total. The van der Waals surface area contributed by atoms with Gasteiger partial charge in [-0.1, -0.05) is 0 Å². The molecule has 2 heterocycles. The number of nitrogens with zero attached hydrogens (tertiary/aromatic N) is 1. The maximum atomic E-state index is 12.2. The van der Waals surface area contributed by atoms with E-state index in [0.717, 1.165) is 25.9 Å². The lowest BCUT2D eigenvalue weighted by Gasteiger charge is -2.32. The van der Waals surface area contributed by atoms with Crippen LogP contribution in [0.2, 0.25) is 0 Å². The van der Waals surface area contributed by atoms with Crippen molar-refractivity contribution in [1.29, 1.82) is 0 Å². The van der Waals surface area contributed by atoms with Gasteiger partial charge in [0.25, 0.3) is 10.2 Å². The molecule has 0 aromatic heterocycles. The SMILES string of the molecule is CC(NS(=O)(=O)N1CCOCC1)C1CCCNC1. The third kappa shape index (κ3) is 3.64. The van der Waals surface area contributed by atoms with E-state index in [1.54, 1.807) is 0 Å². The molecule has 2 unspecified atom stereocenters. The van der Waals surface area contributed by atoms with E-state index in [1.807, 2.05) is 6.92 Å². The minimum absolute atomic E-state index is 0.0226. The molecule has 0 spiro atoms. The summed E-state index contributed by atoms with van der Waals surface area (Å²) in [5.41, 5.74) is 0. The van der Waals surface area contributed by atoms with Crippen molar-refractivity contribution in [3.8, 4) is 0 Å². The summed E-state index contributed by atoms with van der Waals surface area (Å²) in [5, 5.41) is 3.31. The van der Waals surface area contributed by atoms with Crippen LogP contribution in [0, 0.1) is 5.92 Å². The van der Waals surface area contributed by atoms with Gasteiger partial charge in [0.1, 0.15) is 0 Å². The first-order valence-corrected chi connectivity index (χ1v) is 8.09. The Bertz CT molecular complexity index is 349. The fraction of sp³-hybridized carbons (Fsp3) is 1.00. The van der Waals surface area contributed by atoms with Crippen molar-refractivity contribution in [1.82, 2.24) is 14.3 Å². The number of hydrogen-bond acceptors (Lipinski definition) is 4. The van der Waals surface area contributed by atoms with Crippen LogP contribution in [-0.4, -0.2) is 58.2 Å². The summed E-state index contributed by atoms with van der Waals surface area (Å²) >= 11 is 0. The largest absolute Gasteiger partial charge is 0.379 e. The molecule has 0 aliphatic carbocycles. The molecule has 2 fully saturated rings. The lowest BCUT2D eigenvalue weighted by atomic mass is 9.94. The molecule has 0 aromatic carbocycles. The van der Waals surface area contributed by atoms with Gasteiger partial charge in [0, 0.05) is 19.1 Å². The van der Waals surface area contributed by atoms with Crippen molar-refractivity contribution in [3.63, 3.8) is 0 Å². The van der Waals surface area contributed by atoms with E-state index in [0.29, 0.717) is 32.2 Å². The van der Waals surface area contributed by atoms with Gasteiger partial charge in [-0.3, -0.25) is 0 Å². The average molecular weight is 277 g/mol. The molecule has 2 rings (SSSR count). The first kappa shape index (κ1) is 14.2. The van der Waals surface area contributed by atoms with Gasteiger partial charge in [-0.05, 0) is 38.8 Å². The zero-order valence-electron chi connectivity index (χ0n) is 10.9. The molecule has 2 saturated heterocycles. The number of rotatable bonds is 4. The lowest BCUT2D eigenvalue weighted by Crippen LogP contribution is -2.52. The van der Waals surface area contributed by atoms with Crippen LogP contribution in [0.4, 0.5) is 0 Å². The van der Waals surface area contributed by atoms with Gasteiger partial charge in [-0.2, -0.15) is 17.4 Å². The van der Waals surface area contributed by atoms with E-state index in [2.05, 4.69) is 10.0 Å². The molecule has 2 aliphatic heterocycles. The van der Waals surface area contributed by atoms with E-state index < -0.39 is 10.2 Å². The van der Waals surface area contributed by atoms with Crippen LogP contribution in [0.15, 0.2) is 0 Å². The van der Waals surface area contributed by atoms with Gasteiger partial charge in [0.2, 0.25) is 0 Å². The fourth-order valence-electron chi connectivity index (χ4n) is 2.50. The van der Waals surface area contributed by atoms with Crippen LogP contribution < -0.4 is 10.0 Å². The number of hydrogen-bond donors (Lipinski definition) is 2. The van der Waals surface area contributed by atoms with Crippen LogP contribution in [0.25, 0.3) is 0 Å². The van der Waals surface area contributed by atoms with E-state index in [-0.39, 0.29) is 6.04 Å². The Morgan fingerprint density at radius 2 is 2.11 bits per heavy atom. The molecule has 7 heteroatoms. The van der Waals surface area contributed by atoms with Crippen molar-refractivity contribution in [3.05, 3.63) is 0 Å². The molecular weight excluding hydrogens is 254 g/mol. The third-order valence-corrected chi connectivity index (χ3v) is 5.40. The Morgan fingerprint density at radius 1 is 1.39 bits per heavy atom. The molecule has 0 aromatic rings. The van der Waals surface area contributed by atoms with Gasteiger partial charge < -0.3 is 10.1 Å². The van der Waals surface area contributed by atoms with Gasteiger partial charge >= 0.3 is 0 Å². The van der Waals surface area contributed by atoms with Crippen LogP contribution in [-0.2, 0) is 14.9 Å². The molecule has 0 radical (unpaired) electrons. The van der Waals surface area contributed by atoms with Crippen molar-refractivity contribution >= 4 is 10.2 Å². The first-order chi connectivity index (χ1) is 8.59. The number of morpholine rings is 1. The molecule has 0 amide bonds. The van der Waals surface area contributed by atoms with Crippen LogP contribution in [0.5, 0.6) is 0 Å². The molecule has 0 bridgehead atoms. The van der Waals surface area contributed by atoms with Gasteiger partial charge in [0.15, 0.2) is 0 Å². The highest BCUT2D eigenvalue weighted by atomic mass is 32.2. The van der Waals surface area contributed by atoms with E-state index in [1.165, 1.54) is 4.31 Å². The van der Waals surface area contributed by atoms with Crippen LogP contribution in [0.1, 0.15) is 19.8 Å². The topological polar surface area (TPSA) is 70.7 Å². The molecule has 2 aliphatic rings. The Kier molecular flexibility index (Phi) is 4.97. The highest BCUT2D eigenvalue weighted by Crippen LogP contribution is 2.15. The maximum absolute atomic E-state index is 12.2. The normalized spacial score (nSPS) is 29.1. The second-order valence-corrected chi connectivity index (χ2v) is 6.73. The fourth-order valence-corrected chi connectivity index (χ4v) is 3.94. The summed E-state index contributed by atoms with van der Waals surface area (Å²) in [6.45, 7) is 5.76.